The zero-order chi connectivity index (χ0) is 20.4. The van der Waals surface area contributed by atoms with Crippen LogP contribution in [-0.4, -0.2) is 30.6 Å². The Morgan fingerprint density at radius 1 is 1.18 bits per heavy atom. The molecule has 0 aliphatic rings. The van der Waals surface area contributed by atoms with Crippen LogP contribution in [0.1, 0.15) is 17.9 Å². The van der Waals surface area contributed by atoms with Crippen LogP contribution < -0.4 is 10.9 Å². The first-order valence-electron chi connectivity index (χ1n) is 8.27. The van der Waals surface area contributed by atoms with Gasteiger partial charge in [0.1, 0.15) is 17.3 Å². The van der Waals surface area contributed by atoms with Crippen LogP contribution in [0.3, 0.4) is 0 Å². The maximum atomic E-state index is 13.5. The molecule has 7 nitrogen and oxygen atoms in total. The number of esters is 1. The van der Waals surface area contributed by atoms with Crippen LogP contribution in [0.5, 0.6) is 0 Å². The van der Waals surface area contributed by atoms with E-state index >= 15 is 0 Å². The zero-order valence-electron chi connectivity index (χ0n) is 15.1. The van der Waals surface area contributed by atoms with E-state index in [1.54, 1.807) is 30.3 Å². The number of benzene rings is 1. The van der Waals surface area contributed by atoms with E-state index in [2.05, 4.69) is 15.6 Å². The molecule has 0 spiro atoms. The summed E-state index contributed by atoms with van der Waals surface area (Å²) in [6.45, 7) is 0. The fourth-order valence-corrected chi connectivity index (χ4v) is 2.76. The number of aryl methyl sites for hydroxylation is 1. The van der Waals surface area contributed by atoms with Gasteiger partial charge < -0.3 is 9.15 Å². The van der Waals surface area contributed by atoms with E-state index in [0.29, 0.717) is 22.8 Å². The van der Waals surface area contributed by atoms with Gasteiger partial charge in [-0.25, -0.2) is 4.39 Å². The van der Waals surface area contributed by atoms with Crippen LogP contribution in [-0.2, 0) is 25.5 Å². The van der Waals surface area contributed by atoms with Gasteiger partial charge in [-0.15, -0.1) is 11.8 Å². The highest BCUT2D eigenvalue weighted by molar-refractivity contribution is 8.00. The molecule has 2 rings (SSSR count). The highest BCUT2D eigenvalue weighted by Crippen LogP contribution is 2.20. The highest BCUT2D eigenvalue weighted by Gasteiger charge is 2.07. The lowest BCUT2D eigenvalue weighted by Crippen LogP contribution is -2.41. The number of nitrogens with one attached hydrogen (secondary N) is 2. The number of carbonyl (C=O) groups excluding carboxylic acids is 3. The summed E-state index contributed by atoms with van der Waals surface area (Å²) in [6, 6.07) is 9.46. The average molecular weight is 406 g/mol. The number of hydrogen-bond acceptors (Lipinski definition) is 6. The number of thioether (sulfide) groups is 1. The van der Waals surface area contributed by atoms with Crippen LogP contribution in [0.25, 0.3) is 6.08 Å². The molecule has 0 radical (unpaired) electrons. The summed E-state index contributed by atoms with van der Waals surface area (Å²) >= 11 is 1.02. The number of hydrogen-bond donors (Lipinski definition) is 2. The minimum atomic E-state index is -0.559. The lowest BCUT2D eigenvalue weighted by molar-refractivity contribution is -0.140. The molecule has 0 bridgehead atoms. The summed E-state index contributed by atoms with van der Waals surface area (Å²) in [5.41, 5.74) is 4.46. The van der Waals surface area contributed by atoms with E-state index in [0.717, 1.165) is 11.8 Å². The highest BCUT2D eigenvalue weighted by atomic mass is 32.2. The summed E-state index contributed by atoms with van der Waals surface area (Å²) in [5, 5.41) is 0. The standard InChI is InChI=1S/C19H19FN2O5S/c1-26-19(25)11-9-14-7-6-13(27-14)8-10-17(23)21-22-18(24)12-28-16-5-3-2-4-15(16)20/h2-8,10H,9,11-12H2,1H3,(H,21,23)(H,22,24)/b10-8+. The molecule has 9 heteroatoms. The monoisotopic (exact) mass is 406 g/mol. The Morgan fingerprint density at radius 2 is 1.96 bits per heavy atom. The second-order valence-corrected chi connectivity index (χ2v) is 6.49. The molecule has 0 saturated heterocycles. The average Bonchev–Trinajstić information content (AvgIpc) is 3.16. The Kier molecular flexibility index (Phi) is 8.29. The van der Waals surface area contributed by atoms with Gasteiger partial charge >= 0.3 is 5.97 Å². The second-order valence-electron chi connectivity index (χ2n) is 5.47. The molecular weight excluding hydrogens is 387 g/mol. The molecular formula is C19H19FN2O5S. The normalized spacial score (nSPS) is 10.6. The summed E-state index contributed by atoms with van der Waals surface area (Å²) in [7, 11) is 1.31. The minimum absolute atomic E-state index is 0.0489. The number of furan rings is 1. The van der Waals surface area contributed by atoms with Crippen molar-refractivity contribution in [3.63, 3.8) is 0 Å². The molecule has 2 N–H and O–H groups in total. The third-order valence-corrected chi connectivity index (χ3v) is 4.45. The predicted octanol–water partition coefficient (Wildman–Crippen LogP) is 2.48. The van der Waals surface area contributed by atoms with Crippen LogP contribution >= 0.6 is 11.8 Å². The Bertz CT molecular complexity index is 866. The summed E-state index contributed by atoms with van der Waals surface area (Å²) < 4.78 is 23.5. The van der Waals surface area contributed by atoms with E-state index in [1.165, 1.54) is 25.3 Å². The summed E-state index contributed by atoms with van der Waals surface area (Å²) in [6.07, 6.45) is 3.21. The van der Waals surface area contributed by atoms with E-state index in [-0.39, 0.29) is 18.1 Å². The SMILES string of the molecule is COC(=O)CCc1ccc(/C=C/C(=O)NNC(=O)CSc2ccccc2F)o1. The topological polar surface area (TPSA) is 97.6 Å². The van der Waals surface area contributed by atoms with Crippen molar-refractivity contribution < 1.29 is 27.9 Å². The van der Waals surface area contributed by atoms with Crippen LogP contribution in [0.2, 0.25) is 0 Å². The number of rotatable bonds is 8. The Hall–Kier alpha value is -3.07. The van der Waals surface area contributed by atoms with Gasteiger partial charge in [0, 0.05) is 17.4 Å². The minimum Gasteiger partial charge on any atom is -0.469 e. The molecule has 0 aliphatic heterocycles. The van der Waals surface area contributed by atoms with Gasteiger partial charge in [-0.3, -0.25) is 25.2 Å². The van der Waals surface area contributed by atoms with Crippen molar-refractivity contribution in [2.45, 2.75) is 17.7 Å². The predicted molar refractivity (Wildman–Crippen MR) is 101 cm³/mol. The smallest absolute Gasteiger partial charge is 0.305 e. The summed E-state index contributed by atoms with van der Waals surface area (Å²) in [4.78, 5) is 34.9. The lowest BCUT2D eigenvalue weighted by atomic mass is 10.2. The van der Waals surface area contributed by atoms with E-state index in [4.69, 9.17) is 4.42 Å². The quantitative estimate of drug-likeness (QED) is 0.303. The van der Waals surface area contributed by atoms with E-state index < -0.39 is 17.6 Å². The molecule has 28 heavy (non-hydrogen) atoms. The number of ether oxygens (including phenoxy) is 1. The molecule has 0 saturated carbocycles. The third kappa shape index (κ3) is 7.28. The van der Waals surface area contributed by atoms with Crippen LogP contribution in [0.15, 0.2) is 51.8 Å². The number of methoxy groups -OCH3 is 1. The van der Waals surface area contributed by atoms with Gasteiger partial charge in [0.05, 0.1) is 19.3 Å². The van der Waals surface area contributed by atoms with Gasteiger partial charge in [0.15, 0.2) is 0 Å². The first-order chi connectivity index (χ1) is 13.5. The molecule has 0 fully saturated rings. The number of amides is 2. The van der Waals surface area contributed by atoms with Gasteiger partial charge in [0.2, 0.25) is 5.91 Å². The third-order valence-electron chi connectivity index (χ3n) is 3.41. The lowest BCUT2D eigenvalue weighted by Gasteiger charge is -2.05. The molecule has 1 heterocycles. The Balaban J connectivity index is 1.71. The van der Waals surface area contributed by atoms with Gasteiger partial charge in [-0.05, 0) is 30.3 Å². The molecule has 1 aromatic heterocycles. The van der Waals surface area contributed by atoms with E-state index in [9.17, 15) is 18.8 Å². The molecule has 148 valence electrons. The van der Waals surface area contributed by atoms with Gasteiger partial charge in [0.25, 0.3) is 5.91 Å². The molecule has 0 aliphatic carbocycles. The van der Waals surface area contributed by atoms with Crippen molar-refractivity contribution in [1.82, 2.24) is 10.9 Å². The first-order valence-corrected chi connectivity index (χ1v) is 9.26. The fourth-order valence-electron chi connectivity index (χ4n) is 2.02. The first kappa shape index (κ1) is 21.2. The van der Waals surface area contributed by atoms with Crippen molar-refractivity contribution in [1.29, 1.82) is 0 Å². The molecule has 1 aromatic carbocycles. The van der Waals surface area contributed by atoms with Gasteiger partial charge in [-0.1, -0.05) is 12.1 Å². The zero-order valence-corrected chi connectivity index (χ0v) is 15.9. The fraction of sp³-hybridized carbons (Fsp3) is 0.211. The largest absolute Gasteiger partial charge is 0.469 e. The van der Waals surface area contributed by atoms with Crippen LogP contribution in [0, 0.1) is 5.82 Å². The summed E-state index contributed by atoms with van der Waals surface area (Å²) in [5.74, 6) is -0.809. The van der Waals surface area contributed by atoms with Crippen molar-refractivity contribution in [2.24, 2.45) is 0 Å². The molecule has 2 aromatic rings. The Morgan fingerprint density at radius 3 is 2.71 bits per heavy atom. The van der Waals surface area contributed by atoms with Crippen molar-refractivity contribution >= 4 is 35.6 Å². The number of carbonyl (C=O) groups is 3. The Labute approximate surface area is 165 Å². The van der Waals surface area contributed by atoms with Crippen molar-refractivity contribution in [2.75, 3.05) is 12.9 Å². The molecule has 2 amide bonds. The van der Waals surface area contributed by atoms with Crippen molar-refractivity contribution in [3.05, 3.63) is 59.8 Å². The molecule has 0 unspecified atom stereocenters. The number of halogens is 1. The maximum absolute atomic E-state index is 13.5. The van der Waals surface area contributed by atoms with Crippen LogP contribution in [0.4, 0.5) is 4.39 Å². The second kappa shape index (κ2) is 10.9. The van der Waals surface area contributed by atoms with E-state index in [1.807, 2.05) is 0 Å². The van der Waals surface area contributed by atoms with Gasteiger partial charge in [-0.2, -0.15) is 0 Å². The molecule has 0 atom stereocenters. The maximum Gasteiger partial charge on any atom is 0.305 e. The van der Waals surface area contributed by atoms with Crippen molar-refractivity contribution in [3.8, 4) is 0 Å². The number of hydrazine groups is 1.